The first kappa shape index (κ1) is 10.3. The van der Waals surface area contributed by atoms with Crippen LogP contribution in [0.1, 0.15) is 21.7 Å². The molecule has 0 amide bonds. The molecule has 0 unspecified atom stereocenters. The SMILES string of the molecule is Cc1cccc(C(=O)c2ccsc2Cl)n1. The number of halogens is 1. The number of hydrogen-bond donors (Lipinski definition) is 0. The average molecular weight is 238 g/mol. The van der Waals surface area contributed by atoms with Crippen molar-refractivity contribution in [1.82, 2.24) is 4.98 Å². The van der Waals surface area contributed by atoms with Crippen LogP contribution in [0.4, 0.5) is 0 Å². The third-order valence-electron chi connectivity index (χ3n) is 1.98. The van der Waals surface area contributed by atoms with Crippen LogP contribution in [-0.2, 0) is 0 Å². The maximum Gasteiger partial charge on any atom is 0.213 e. The van der Waals surface area contributed by atoms with Gasteiger partial charge in [0, 0.05) is 5.69 Å². The van der Waals surface area contributed by atoms with Crippen molar-refractivity contribution in [3.05, 3.63) is 50.9 Å². The number of carbonyl (C=O) groups is 1. The lowest BCUT2D eigenvalue weighted by Gasteiger charge is -1.99. The van der Waals surface area contributed by atoms with Gasteiger partial charge < -0.3 is 0 Å². The van der Waals surface area contributed by atoms with Gasteiger partial charge in [-0.1, -0.05) is 17.7 Å². The van der Waals surface area contributed by atoms with E-state index >= 15 is 0 Å². The van der Waals surface area contributed by atoms with Crippen LogP contribution in [0.3, 0.4) is 0 Å². The Morgan fingerprint density at radius 2 is 2.20 bits per heavy atom. The number of hydrogen-bond acceptors (Lipinski definition) is 3. The summed E-state index contributed by atoms with van der Waals surface area (Å²) in [5, 5.41) is 1.80. The molecule has 0 aliphatic rings. The second kappa shape index (κ2) is 4.13. The molecule has 76 valence electrons. The summed E-state index contributed by atoms with van der Waals surface area (Å²) < 4.78 is 0.517. The summed E-state index contributed by atoms with van der Waals surface area (Å²) >= 11 is 7.24. The highest BCUT2D eigenvalue weighted by Crippen LogP contribution is 2.24. The van der Waals surface area contributed by atoms with E-state index in [0.717, 1.165) is 5.69 Å². The van der Waals surface area contributed by atoms with E-state index in [0.29, 0.717) is 15.6 Å². The van der Waals surface area contributed by atoms with E-state index in [4.69, 9.17) is 11.6 Å². The van der Waals surface area contributed by atoms with Gasteiger partial charge in [0.15, 0.2) is 0 Å². The number of aryl methyl sites for hydroxylation is 1. The average Bonchev–Trinajstić information content (AvgIpc) is 2.63. The van der Waals surface area contributed by atoms with Crippen LogP contribution in [0.2, 0.25) is 4.34 Å². The fourth-order valence-electron chi connectivity index (χ4n) is 1.26. The van der Waals surface area contributed by atoms with Crippen LogP contribution in [0, 0.1) is 6.92 Å². The van der Waals surface area contributed by atoms with Crippen LogP contribution in [0.15, 0.2) is 29.6 Å². The summed E-state index contributed by atoms with van der Waals surface area (Å²) in [6.45, 7) is 1.85. The first-order valence-electron chi connectivity index (χ1n) is 4.40. The molecule has 2 aromatic rings. The minimum Gasteiger partial charge on any atom is -0.287 e. The smallest absolute Gasteiger partial charge is 0.213 e. The van der Waals surface area contributed by atoms with Crippen LogP contribution < -0.4 is 0 Å². The van der Waals surface area contributed by atoms with Crippen LogP contribution in [-0.4, -0.2) is 10.8 Å². The fraction of sp³-hybridized carbons (Fsp3) is 0.0909. The lowest BCUT2D eigenvalue weighted by molar-refractivity contribution is 0.103. The summed E-state index contributed by atoms with van der Waals surface area (Å²) in [5.41, 5.74) is 1.79. The van der Waals surface area contributed by atoms with Gasteiger partial charge in [-0.15, -0.1) is 11.3 Å². The Bertz CT molecular complexity index is 507. The molecule has 0 N–H and O–H groups in total. The molecular formula is C11H8ClNOS. The molecule has 2 aromatic heterocycles. The van der Waals surface area contributed by atoms with Crippen molar-refractivity contribution in [3.63, 3.8) is 0 Å². The van der Waals surface area contributed by atoms with E-state index in [-0.39, 0.29) is 5.78 Å². The van der Waals surface area contributed by atoms with Crippen molar-refractivity contribution < 1.29 is 4.79 Å². The Labute approximate surface area is 96.5 Å². The number of rotatable bonds is 2. The molecule has 0 spiro atoms. The normalized spacial score (nSPS) is 10.3. The lowest BCUT2D eigenvalue weighted by atomic mass is 10.1. The molecule has 4 heteroatoms. The van der Waals surface area contributed by atoms with E-state index in [9.17, 15) is 4.79 Å². The number of ketones is 1. The highest BCUT2D eigenvalue weighted by molar-refractivity contribution is 7.14. The molecule has 0 saturated heterocycles. The predicted octanol–water partition coefficient (Wildman–Crippen LogP) is 3.34. The van der Waals surface area contributed by atoms with Crippen LogP contribution in [0.5, 0.6) is 0 Å². The zero-order valence-electron chi connectivity index (χ0n) is 8.03. The van der Waals surface area contributed by atoms with E-state index < -0.39 is 0 Å². The summed E-state index contributed by atoms with van der Waals surface area (Å²) in [7, 11) is 0. The Morgan fingerprint density at radius 1 is 1.40 bits per heavy atom. The zero-order valence-corrected chi connectivity index (χ0v) is 9.60. The van der Waals surface area contributed by atoms with Gasteiger partial charge in [0.2, 0.25) is 5.78 Å². The fourth-order valence-corrected chi connectivity index (χ4v) is 2.18. The number of carbonyl (C=O) groups excluding carboxylic acids is 1. The summed E-state index contributed by atoms with van der Waals surface area (Å²) in [6.07, 6.45) is 0. The standard InChI is InChI=1S/C11H8ClNOS/c1-7-3-2-4-9(13-7)10(14)8-5-6-15-11(8)12/h2-6H,1H3. The van der Waals surface area contributed by atoms with Gasteiger partial charge in [0.1, 0.15) is 10.0 Å². The molecule has 0 aliphatic heterocycles. The largest absolute Gasteiger partial charge is 0.287 e. The van der Waals surface area contributed by atoms with Gasteiger partial charge >= 0.3 is 0 Å². The highest BCUT2D eigenvalue weighted by Gasteiger charge is 2.14. The molecule has 0 atom stereocenters. The van der Waals surface area contributed by atoms with Crippen molar-refractivity contribution in [3.8, 4) is 0 Å². The summed E-state index contributed by atoms with van der Waals surface area (Å²) in [5.74, 6) is -0.120. The Kier molecular flexibility index (Phi) is 2.84. The summed E-state index contributed by atoms with van der Waals surface area (Å²) in [6, 6.07) is 7.09. The zero-order chi connectivity index (χ0) is 10.8. The second-order valence-electron chi connectivity index (χ2n) is 3.10. The Balaban J connectivity index is 2.41. The maximum atomic E-state index is 11.9. The number of pyridine rings is 1. The minimum atomic E-state index is -0.120. The topological polar surface area (TPSA) is 30.0 Å². The van der Waals surface area contributed by atoms with Gasteiger partial charge in [0.25, 0.3) is 0 Å². The Morgan fingerprint density at radius 3 is 2.80 bits per heavy atom. The molecule has 2 heterocycles. The van der Waals surface area contributed by atoms with E-state index in [1.807, 2.05) is 19.1 Å². The lowest BCUT2D eigenvalue weighted by Crippen LogP contribution is -2.03. The number of aromatic nitrogens is 1. The minimum absolute atomic E-state index is 0.120. The van der Waals surface area contributed by atoms with Gasteiger partial charge in [-0.3, -0.25) is 4.79 Å². The molecule has 0 fully saturated rings. The first-order chi connectivity index (χ1) is 7.18. The highest BCUT2D eigenvalue weighted by atomic mass is 35.5. The van der Waals surface area contributed by atoms with Crippen molar-refractivity contribution in [2.24, 2.45) is 0 Å². The molecule has 0 aromatic carbocycles. The summed E-state index contributed by atoms with van der Waals surface area (Å²) in [4.78, 5) is 16.1. The van der Waals surface area contributed by atoms with Crippen LogP contribution >= 0.6 is 22.9 Å². The van der Waals surface area contributed by atoms with Crippen molar-refractivity contribution in [1.29, 1.82) is 0 Å². The van der Waals surface area contributed by atoms with Crippen molar-refractivity contribution in [2.45, 2.75) is 6.92 Å². The predicted molar refractivity (Wildman–Crippen MR) is 61.7 cm³/mol. The van der Waals surface area contributed by atoms with E-state index in [1.165, 1.54) is 11.3 Å². The maximum absolute atomic E-state index is 11.9. The van der Waals surface area contributed by atoms with E-state index in [2.05, 4.69) is 4.98 Å². The van der Waals surface area contributed by atoms with Crippen molar-refractivity contribution in [2.75, 3.05) is 0 Å². The monoisotopic (exact) mass is 237 g/mol. The van der Waals surface area contributed by atoms with Gasteiger partial charge in [-0.25, -0.2) is 4.98 Å². The molecule has 2 nitrogen and oxygen atoms in total. The van der Waals surface area contributed by atoms with Gasteiger partial charge in [-0.05, 0) is 30.5 Å². The molecule has 2 rings (SSSR count). The molecule has 0 saturated carbocycles. The van der Waals surface area contributed by atoms with Crippen LogP contribution in [0.25, 0.3) is 0 Å². The molecule has 0 aliphatic carbocycles. The number of thiophene rings is 1. The van der Waals surface area contributed by atoms with Gasteiger partial charge in [0.05, 0.1) is 5.56 Å². The van der Waals surface area contributed by atoms with E-state index in [1.54, 1.807) is 17.5 Å². The molecule has 0 bridgehead atoms. The molecular weight excluding hydrogens is 230 g/mol. The first-order valence-corrected chi connectivity index (χ1v) is 5.65. The Hall–Kier alpha value is -1.19. The molecule has 15 heavy (non-hydrogen) atoms. The molecule has 0 radical (unpaired) electrons. The van der Waals surface area contributed by atoms with Gasteiger partial charge in [-0.2, -0.15) is 0 Å². The van der Waals surface area contributed by atoms with Crippen molar-refractivity contribution >= 4 is 28.7 Å². The second-order valence-corrected chi connectivity index (χ2v) is 4.62. The quantitative estimate of drug-likeness (QED) is 0.750. The third-order valence-corrected chi connectivity index (χ3v) is 3.15. The number of nitrogens with zero attached hydrogens (tertiary/aromatic N) is 1. The third kappa shape index (κ3) is 2.08.